The molecular weight excluding hydrogens is 444 g/mol. The van der Waals surface area contributed by atoms with Crippen molar-refractivity contribution >= 4 is 5.78 Å². The number of carbonyl (C=O) groups is 1. The number of fused-ring (bicyclic) bond motifs is 2. The molecule has 7 heteroatoms. The van der Waals surface area contributed by atoms with Crippen LogP contribution in [0.5, 0.6) is 11.5 Å². The predicted octanol–water partition coefficient (Wildman–Crippen LogP) is 0.675. The number of ketones is 1. The average Bonchev–Trinajstić information content (AvgIpc) is 3.04. The maximum Gasteiger partial charge on any atom is 0.231 e. The molecule has 1 aliphatic carbocycles. The first-order valence-corrected chi connectivity index (χ1v) is 9.04. The zero-order chi connectivity index (χ0) is 19.3. The van der Waals surface area contributed by atoms with E-state index in [0.717, 1.165) is 23.3 Å². The largest absolute Gasteiger partial charge is 1.00 e. The molecule has 2 heterocycles. The number of ether oxygens (including phenoxy) is 2. The van der Waals surface area contributed by atoms with E-state index in [1.165, 1.54) is 0 Å². The molecule has 0 fully saturated rings. The molecule has 5 rings (SSSR count). The SMILES string of the molecule is O=C1c2cc(F)c(F)cc2CC1[n+]1ccc(-c2cccc3c2OCCO3)cc1.[Br-]. The Balaban J connectivity index is 0.00000205. The first kappa shape index (κ1) is 19.5. The molecule has 1 atom stereocenters. The van der Waals surface area contributed by atoms with Gasteiger partial charge in [0.05, 0.1) is 0 Å². The van der Waals surface area contributed by atoms with Crippen molar-refractivity contribution in [2.45, 2.75) is 12.5 Å². The third kappa shape index (κ3) is 3.29. The number of nitrogens with zero attached hydrogens (tertiary/aromatic N) is 1. The van der Waals surface area contributed by atoms with E-state index in [1.54, 1.807) is 17.0 Å². The predicted molar refractivity (Wildman–Crippen MR) is 96.5 cm³/mol. The third-order valence-corrected chi connectivity index (χ3v) is 5.22. The molecular formula is C22H16BrF2NO3. The van der Waals surface area contributed by atoms with E-state index >= 15 is 0 Å². The van der Waals surface area contributed by atoms with Crippen molar-refractivity contribution in [1.82, 2.24) is 0 Å². The highest BCUT2D eigenvalue weighted by Gasteiger charge is 2.38. The molecule has 148 valence electrons. The van der Waals surface area contributed by atoms with Gasteiger partial charge in [-0.15, -0.1) is 0 Å². The summed E-state index contributed by atoms with van der Waals surface area (Å²) in [5, 5.41) is 0. The summed E-state index contributed by atoms with van der Waals surface area (Å²) < 4.78 is 40.2. The van der Waals surface area contributed by atoms with Gasteiger partial charge in [-0.05, 0) is 29.3 Å². The lowest BCUT2D eigenvalue weighted by molar-refractivity contribution is -0.706. The van der Waals surface area contributed by atoms with Gasteiger partial charge in [0, 0.05) is 29.7 Å². The molecule has 1 unspecified atom stereocenters. The number of benzene rings is 2. The molecule has 0 saturated heterocycles. The molecule has 0 spiro atoms. The number of aromatic nitrogens is 1. The second-order valence-corrected chi connectivity index (χ2v) is 6.87. The van der Waals surface area contributed by atoms with Crippen LogP contribution in [-0.4, -0.2) is 19.0 Å². The van der Waals surface area contributed by atoms with Crippen molar-refractivity contribution in [3.05, 3.63) is 77.6 Å². The van der Waals surface area contributed by atoms with E-state index in [2.05, 4.69) is 0 Å². The fourth-order valence-corrected chi connectivity index (χ4v) is 3.83. The first-order chi connectivity index (χ1) is 13.6. The highest BCUT2D eigenvalue weighted by atomic mass is 79.9. The summed E-state index contributed by atoms with van der Waals surface area (Å²) in [5.74, 6) is -0.707. The van der Waals surface area contributed by atoms with Crippen molar-refractivity contribution in [1.29, 1.82) is 0 Å². The molecule has 0 radical (unpaired) electrons. The quantitative estimate of drug-likeness (QED) is 0.529. The van der Waals surface area contributed by atoms with Gasteiger partial charge in [-0.2, -0.15) is 4.57 Å². The van der Waals surface area contributed by atoms with Crippen molar-refractivity contribution in [3.8, 4) is 22.6 Å². The number of hydrogen-bond acceptors (Lipinski definition) is 3. The molecule has 0 amide bonds. The van der Waals surface area contributed by atoms with Crippen LogP contribution in [0, 0.1) is 11.6 Å². The maximum atomic E-state index is 13.5. The molecule has 1 aromatic heterocycles. The van der Waals surface area contributed by atoms with E-state index in [1.807, 2.05) is 30.3 Å². The topological polar surface area (TPSA) is 39.4 Å². The Bertz CT molecular complexity index is 1100. The van der Waals surface area contributed by atoms with Crippen LogP contribution in [0.3, 0.4) is 0 Å². The second kappa shape index (κ2) is 7.55. The summed E-state index contributed by atoms with van der Waals surface area (Å²) in [6.45, 7) is 1.02. The van der Waals surface area contributed by atoms with Crippen LogP contribution in [0.25, 0.3) is 11.1 Å². The van der Waals surface area contributed by atoms with Crippen LogP contribution >= 0.6 is 0 Å². The average molecular weight is 460 g/mol. The standard InChI is InChI=1S/C22H16F2NO3.BrH/c23-17-10-14-11-19(21(26)16(14)12-18(17)24)25-6-4-13(5-7-25)15-2-1-3-20-22(15)28-9-8-27-20;/h1-7,10,12,19H,8-9,11H2;1H/q+1;/p-1. The van der Waals surface area contributed by atoms with Crippen LogP contribution in [-0.2, 0) is 6.42 Å². The molecule has 0 bridgehead atoms. The minimum atomic E-state index is -0.996. The summed E-state index contributed by atoms with van der Waals surface area (Å²) in [7, 11) is 0. The van der Waals surface area contributed by atoms with Gasteiger partial charge < -0.3 is 26.5 Å². The Morgan fingerprint density at radius 3 is 2.45 bits per heavy atom. The highest BCUT2D eigenvalue weighted by Crippen LogP contribution is 2.39. The summed E-state index contributed by atoms with van der Waals surface area (Å²) in [6, 6.07) is 11.1. The summed E-state index contributed by atoms with van der Waals surface area (Å²) in [4.78, 5) is 12.7. The van der Waals surface area contributed by atoms with Gasteiger partial charge in [-0.25, -0.2) is 8.78 Å². The zero-order valence-corrected chi connectivity index (χ0v) is 16.8. The minimum Gasteiger partial charge on any atom is -1.00 e. The Kier molecular flexibility index (Phi) is 5.08. The van der Waals surface area contributed by atoms with Gasteiger partial charge in [0.15, 0.2) is 35.5 Å². The van der Waals surface area contributed by atoms with E-state index < -0.39 is 17.7 Å². The van der Waals surface area contributed by atoms with Gasteiger partial charge in [-0.1, -0.05) is 12.1 Å². The van der Waals surface area contributed by atoms with Crippen LogP contribution in [0.15, 0.2) is 54.9 Å². The fraction of sp³-hybridized carbons (Fsp3) is 0.182. The Morgan fingerprint density at radius 2 is 1.66 bits per heavy atom. The Labute approximate surface area is 176 Å². The second-order valence-electron chi connectivity index (χ2n) is 6.87. The van der Waals surface area contributed by atoms with Crippen molar-refractivity contribution in [3.63, 3.8) is 0 Å². The molecule has 3 aromatic rings. The van der Waals surface area contributed by atoms with Gasteiger partial charge in [0.1, 0.15) is 13.2 Å². The molecule has 2 aromatic carbocycles. The van der Waals surface area contributed by atoms with Crippen LogP contribution < -0.4 is 31.0 Å². The van der Waals surface area contributed by atoms with E-state index in [-0.39, 0.29) is 28.3 Å². The highest BCUT2D eigenvalue weighted by molar-refractivity contribution is 6.02. The summed E-state index contributed by atoms with van der Waals surface area (Å²) in [6.07, 6.45) is 3.95. The third-order valence-electron chi connectivity index (χ3n) is 5.22. The van der Waals surface area contributed by atoms with Crippen LogP contribution in [0.1, 0.15) is 22.0 Å². The zero-order valence-electron chi connectivity index (χ0n) is 15.2. The minimum absolute atomic E-state index is 0. The number of hydrogen-bond donors (Lipinski definition) is 0. The monoisotopic (exact) mass is 459 g/mol. The van der Waals surface area contributed by atoms with Gasteiger partial charge >= 0.3 is 0 Å². The smallest absolute Gasteiger partial charge is 0.231 e. The Hall–Kier alpha value is -2.80. The fourth-order valence-electron chi connectivity index (χ4n) is 3.83. The summed E-state index contributed by atoms with van der Waals surface area (Å²) >= 11 is 0. The summed E-state index contributed by atoms with van der Waals surface area (Å²) in [5.41, 5.74) is 2.63. The van der Waals surface area contributed by atoms with E-state index in [4.69, 9.17) is 9.47 Å². The van der Waals surface area contributed by atoms with E-state index in [0.29, 0.717) is 36.7 Å². The van der Waals surface area contributed by atoms with Crippen molar-refractivity contribution in [2.24, 2.45) is 0 Å². The number of para-hydroxylation sites is 1. The van der Waals surface area contributed by atoms with E-state index in [9.17, 15) is 13.6 Å². The number of rotatable bonds is 2. The van der Waals surface area contributed by atoms with Crippen molar-refractivity contribution < 1.29 is 44.6 Å². The lowest BCUT2D eigenvalue weighted by Crippen LogP contribution is -3.00. The van der Waals surface area contributed by atoms with Crippen LogP contribution in [0.4, 0.5) is 8.78 Å². The molecule has 29 heavy (non-hydrogen) atoms. The van der Waals surface area contributed by atoms with Gasteiger partial charge in [0.2, 0.25) is 11.8 Å². The van der Waals surface area contributed by atoms with Gasteiger partial charge in [-0.3, -0.25) is 4.79 Å². The normalized spacial score (nSPS) is 16.9. The number of pyridine rings is 1. The Morgan fingerprint density at radius 1 is 0.931 bits per heavy atom. The lowest BCUT2D eigenvalue weighted by Gasteiger charge is -2.20. The van der Waals surface area contributed by atoms with Crippen molar-refractivity contribution in [2.75, 3.05) is 13.2 Å². The van der Waals surface area contributed by atoms with Gasteiger partial charge in [0.25, 0.3) is 0 Å². The molecule has 4 nitrogen and oxygen atoms in total. The molecule has 0 N–H and O–H groups in total. The lowest BCUT2D eigenvalue weighted by atomic mass is 10.0. The number of Topliss-reactive ketones (excluding diaryl/α,β-unsaturated/α-hetero) is 1. The number of halogens is 3. The number of carbonyl (C=O) groups excluding carboxylic acids is 1. The van der Waals surface area contributed by atoms with Crippen LogP contribution in [0.2, 0.25) is 0 Å². The maximum absolute atomic E-state index is 13.5. The molecule has 1 aliphatic heterocycles. The first-order valence-electron chi connectivity index (χ1n) is 9.04. The molecule has 2 aliphatic rings. The molecule has 0 saturated carbocycles.